The molecule has 1 aromatic carbocycles. The number of morpholine rings is 1. The summed E-state index contributed by atoms with van der Waals surface area (Å²) in [5.74, 6) is 0.416. The molecule has 2 aromatic rings. The summed E-state index contributed by atoms with van der Waals surface area (Å²) in [7, 11) is 0. The third-order valence-corrected chi connectivity index (χ3v) is 4.74. The number of urea groups is 1. The normalized spacial score (nSPS) is 19.5. The predicted octanol–water partition coefficient (Wildman–Crippen LogP) is 3.80. The summed E-state index contributed by atoms with van der Waals surface area (Å²) in [6.45, 7) is 11.3. The van der Waals surface area contributed by atoms with E-state index in [0.717, 1.165) is 25.2 Å². The van der Waals surface area contributed by atoms with Crippen LogP contribution in [0.1, 0.15) is 38.8 Å². The van der Waals surface area contributed by atoms with E-state index in [1.165, 1.54) is 5.56 Å². The van der Waals surface area contributed by atoms with Crippen LogP contribution in [0.3, 0.4) is 0 Å². The first kappa shape index (κ1) is 22.1. The Balaban J connectivity index is 1.49. The second kappa shape index (κ2) is 10.4. The van der Waals surface area contributed by atoms with Crippen molar-refractivity contribution in [3.63, 3.8) is 0 Å². The van der Waals surface area contributed by atoms with E-state index in [2.05, 4.69) is 58.6 Å². The van der Waals surface area contributed by atoms with Crippen molar-refractivity contribution in [2.24, 2.45) is 0 Å². The summed E-state index contributed by atoms with van der Waals surface area (Å²) >= 11 is 0. The van der Waals surface area contributed by atoms with E-state index in [1.54, 1.807) is 18.3 Å². The molecule has 2 unspecified atom stereocenters. The molecule has 2 amide bonds. The summed E-state index contributed by atoms with van der Waals surface area (Å²) in [6.07, 6.45) is 2.15. The molecule has 1 saturated heterocycles. The highest BCUT2D eigenvalue weighted by Gasteiger charge is 2.21. The van der Waals surface area contributed by atoms with Gasteiger partial charge >= 0.3 is 6.03 Å². The molecule has 1 aromatic heterocycles. The monoisotopic (exact) mass is 412 g/mol. The number of anilines is 1. The molecular formula is C23H32N4O3. The lowest BCUT2D eigenvalue weighted by atomic mass is 10.1. The fourth-order valence-electron chi connectivity index (χ4n) is 3.59. The molecule has 0 saturated carbocycles. The third-order valence-electron chi connectivity index (χ3n) is 4.74. The molecule has 3 rings (SSSR count). The molecule has 0 spiro atoms. The Hall–Kier alpha value is -2.64. The zero-order valence-corrected chi connectivity index (χ0v) is 18.2. The largest absolute Gasteiger partial charge is 0.473 e. The molecule has 30 heavy (non-hydrogen) atoms. The number of aromatic nitrogens is 1. The maximum atomic E-state index is 12.3. The van der Waals surface area contributed by atoms with Crippen LogP contribution in [0, 0.1) is 0 Å². The third kappa shape index (κ3) is 6.71. The van der Waals surface area contributed by atoms with Crippen molar-refractivity contribution in [2.75, 3.05) is 18.4 Å². The number of pyridine rings is 1. The Morgan fingerprint density at radius 3 is 2.50 bits per heavy atom. The van der Waals surface area contributed by atoms with Gasteiger partial charge in [-0.3, -0.25) is 4.90 Å². The van der Waals surface area contributed by atoms with Crippen LogP contribution in [-0.4, -0.2) is 47.3 Å². The number of nitrogens with zero attached hydrogens (tertiary/aromatic N) is 2. The minimum absolute atomic E-state index is 0.0223. The fraction of sp³-hybridized carbons (Fsp3) is 0.478. The molecule has 162 valence electrons. The van der Waals surface area contributed by atoms with E-state index in [0.29, 0.717) is 18.1 Å². The average Bonchev–Trinajstić information content (AvgIpc) is 2.68. The number of rotatable bonds is 7. The van der Waals surface area contributed by atoms with Gasteiger partial charge in [-0.1, -0.05) is 24.3 Å². The number of nitrogens with one attached hydrogen (secondary N) is 2. The highest BCUT2D eigenvalue weighted by molar-refractivity contribution is 5.90. The number of ether oxygens (including phenoxy) is 2. The smallest absolute Gasteiger partial charge is 0.319 e. The van der Waals surface area contributed by atoms with Crippen molar-refractivity contribution in [2.45, 2.75) is 59.1 Å². The van der Waals surface area contributed by atoms with E-state index in [4.69, 9.17) is 9.47 Å². The van der Waals surface area contributed by atoms with Crippen molar-refractivity contribution in [3.05, 3.63) is 53.7 Å². The van der Waals surface area contributed by atoms with Crippen molar-refractivity contribution in [3.8, 4) is 5.88 Å². The van der Waals surface area contributed by atoms with Gasteiger partial charge in [0.25, 0.3) is 0 Å². The number of hydrogen-bond acceptors (Lipinski definition) is 5. The van der Waals surface area contributed by atoms with Gasteiger partial charge < -0.3 is 20.1 Å². The molecule has 7 nitrogen and oxygen atoms in total. The lowest BCUT2D eigenvalue weighted by molar-refractivity contribution is -0.0704. The molecule has 1 fully saturated rings. The van der Waals surface area contributed by atoms with Gasteiger partial charge in [-0.25, -0.2) is 9.78 Å². The molecule has 2 N–H and O–H groups in total. The van der Waals surface area contributed by atoms with Gasteiger partial charge in [0.15, 0.2) is 0 Å². The second-order valence-corrected chi connectivity index (χ2v) is 8.10. The highest BCUT2D eigenvalue weighted by atomic mass is 16.5. The summed E-state index contributed by atoms with van der Waals surface area (Å²) in [5.41, 5.74) is 2.85. The SMILES string of the molecule is CC(C)Oc1ncccc1NC(=O)NCc1ccc(CN2CC(C)OC(C)C2)cc1. The van der Waals surface area contributed by atoms with E-state index in [1.807, 2.05) is 13.8 Å². The number of carbonyl (C=O) groups excluding carboxylic acids is 1. The van der Waals surface area contributed by atoms with Crippen LogP contribution in [0.4, 0.5) is 10.5 Å². The molecule has 2 atom stereocenters. The molecular weight excluding hydrogens is 380 g/mol. The van der Waals surface area contributed by atoms with Crippen molar-refractivity contribution < 1.29 is 14.3 Å². The van der Waals surface area contributed by atoms with Crippen LogP contribution >= 0.6 is 0 Å². The van der Waals surface area contributed by atoms with Gasteiger partial charge in [0.2, 0.25) is 5.88 Å². The minimum atomic E-state index is -0.294. The van der Waals surface area contributed by atoms with Crippen molar-refractivity contribution >= 4 is 11.7 Å². The van der Waals surface area contributed by atoms with E-state index in [-0.39, 0.29) is 24.3 Å². The number of amides is 2. The summed E-state index contributed by atoms with van der Waals surface area (Å²) in [6, 6.07) is 11.6. The Morgan fingerprint density at radius 2 is 1.83 bits per heavy atom. The van der Waals surface area contributed by atoms with Crippen LogP contribution in [0.25, 0.3) is 0 Å². The topological polar surface area (TPSA) is 75.7 Å². The standard InChI is InChI=1S/C23H32N4O3/c1-16(2)29-22-21(6-5-11-24-22)26-23(28)25-12-19-7-9-20(10-8-19)15-27-13-17(3)30-18(4)14-27/h5-11,16-18H,12-15H2,1-4H3,(H2,25,26,28). The molecule has 2 heterocycles. The van der Waals surface area contributed by atoms with Crippen LogP contribution in [0.2, 0.25) is 0 Å². The van der Waals surface area contributed by atoms with Crippen LogP contribution < -0.4 is 15.4 Å². The van der Waals surface area contributed by atoms with E-state index >= 15 is 0 Å². The number of benzene rings is 1. The lowest BCUT2D eigenvalue weighted by Gasteiger charge is -2.35. The Labute approximate surface area is 178 Å². The van der Waals surface area contributed by atoms with Gasteiger partial charge in [0, 0.05) is 32.4 Å². The zero-order valence-electron chi connectivity index (χ0n) is 18.2. The molecule has 0 bridgehead atoms. The van der Waals surface area contributed by atoms with Crippen LogP contribution in [-0.2, 0) is 17.8 Å². The van der Waals surface area contributed by atoms with E-state index in [9.17, 15) is 4.79 Å². The summed E-state index contributed by atoms with van der Waals surface area (Å²) < 4.78 is 11.4. The summed E-state index contributed by atoms with van der Waals surface area (Å²) in [5, 5.41) is 5.68. The zero-order chi connectivity index (χ0) is 21.5. The maximum absolute atomic E-state index is 12.3. The van der Waals surface area contributed by atoms with Gasteiger partial charge in [0.05, 0.1) is 18.3 Å². The molecule has 0 aliphatic carbocycles. The molecule has 1 aliphatic rings. The lowest BCUT2D eigenvalue weighted by Crippen LogP contribution is -2.44. The Morgan fingerprint density at radius 1 is 1.17 bits per heavy atom. The van der Waals surface area contributed by atoms with Gasteiger partial charge in [0.1, 0.15) is 5.69 Å². The first-order chi connectivity index (χ1) is 14.4. The van der Waals surface area contributed by atoms with Crippen LogP contribution in [0.15, 0.2) is 42.6 Å². The van der Waals surface area contributed by atoms with Gasteiger partial charge in [-0.05, 0) is 51.0 Å². The van der Waals surface area contributed by atoms with Crippen molar-refractivity contribution in [1.82, 2.24) is 15.2 Å². The quantitative estimate of drug-likeness (QED) is 0.723. The highest BCUT2D eigenvalue weighted by Crippen LogP contribution is 2.21. The average molecular weight is 413 g/mol. The number of carbonyl (C=O) groups is 1. The van der Waals surface area contributed by atoms with Gasteiger partial charge in [-0.15, -0.1) is 0 Å². The molecule has 1 aliphatic heterocycles. The molecule has 0 radical (unpaired) electrons. The van der Waals surface area contributed by atoms with E-state index < -0.39 is 0 Å². The van der Waals surface area contributed by atoms with Crippen LogP contribution in [0.5, 0.6) is 5.88 Å². The number of hydrogen-bond donors (Lipinski definition) is 2. The first-order valence-electron chi connectivity index (χ1n) is 10.5. The minimum Gasteiger partial charge on any atom is -0.473 e. The van der Waals surface area contributed by atoms with Gasteiger partial charge in [-0.2, -0.15) is 0 Å². The maximum Gasteiger partial charge on any atom is 0.319 e. The molecule has 7 heteroatoms. The van der Waals surface area contributed by atoms with Crippen molar-refractivity contribution in [1.29, 1.82) is 0 Å². The fourth-order valence-corrected chi connectivity index (χ4v) is 3.59. The Bertz CT molecular complexity index is 815. The summed E-state index contributed by atoms with van der Waals surface area (Å²) in [4.78, 5) is 18.9. The second-order valence-electron chi connectivity index (χ2n) is 8.10. The predicted molar refractivity (Wildman–Crippen MR) is 118 cm³/mol. The first-order valence-corrected chi connectivity index (χ1v) is 10.5. The Kier molecular flexibility index (Phi) is 7.65.